The highest BCUT2D eigenvalue weighted by molar-refractivity contribution is 5.80. The first-order chi connectivity index (χ1) is 17.5. The Hall–Kier alpha value is -2.37. The third kappa shape index (κ3) is 9.79. The quantitative estimate of drug-likeness (QED) is 0.360. The molecule has 0 radical (unpaired) electrons. The van der Waals surface area contributed by atoms with Crippen LogP contribution in [-0.2, 0) is 20.8 Å². The van der Waals surface area contributed by atoms with Crippen LogP contribution in [0.25, 0.3) is 0 Å². The number of likely N-dealkylation sites (tertiary alicyclic amines) is 1. The first kappa shape index (κ1) is 30.9. The van der Waals surface area contributed by atoms with Gasteiger partial charge in [-0.15, -0.1) is 0 Å². The zero-order valence-electron chi connectivity index (χ0n) is 24.3. The summed E-state index contributed by atoms with van der Waals surface area (Å²) >= 11 is 0. The number of amides is 3. The summed E-state index contributed by atoms with van der Waals surface area (Å²) in [6.45, 7) is 13.2. The molecule has 1 aliphatic rings. The minimum absolute atomic E-state index is 0.0601. The third-order valence-electron chi connectivity index (χ3n) is 7.97. The van der Waals surface area contributed by atoms with E-state index in [2.05, 4.69) is 45.1 Å². The maximum Gasteiger partial charge on any atom is 0.223 e. The van der Waals surface area contributed by atoms with Gasteiger partial charge in [0.25, 0.3) is 0 Å². The van der Waals surface area contributed by atoms with Crippen molar-refractivity contribution in [3.8, 4) is 0 Å². The Labute approximate surface area is 225 Å². The van der Waals surface area contributed by atoms with Crippen LogP contribution in [0.3, 0.4) is 0 Å². The van der Waals surface area contributed by atoms with Gasteiger partial charge in [-0.25, -0.2) is 0 Å². The van der Waals surface area contributed by atoms with Crippen LogP contribution in [0.2, 0.25) is 0 Å². The molecular formula is C31H51N3O3. The van der Waals surface area contributed by atoms with Crippen molar-refractivity contribution in [2.24, 2.45) is 17.8 Å². The fourth-order valence-electron chi connectivity index (χ4n) is 5.55. The van der Waals surface area contributed by atoms with Gasteiger partial charge in [-0.2, -0.15) is 0 Å². The molecule has 0 saturated carbocycles. The van der Waals surface area contributed by atoms with Crippen LogP contribution < -0.4 is 5.32 Å². The maximum absolute atomic E-state index is 13.3. The number of carbonyl (C=O) groups is 3. The van der Waals surface area contributed by atoms with Crippen LogP contribution >= 0.6 is 0 Å². The SMILES string of the molecule is CC[C@H](C)[C@@H](CCC(=O)N1CCC[C@H]1C[C@@H](C)C(=O)N[C@H](C)Cc1ccccc1)N(C)C(=O)CC(C)C. The fourth-order valence-corrected chi connectivity index (χ4v) is 5.55. The van der Waals surface area contributed by atoms with Gasteiger partial charge in [0.2, 0.25) is 17.7 Å². The fraction of sp³-hybridized carbons (Fsp3) is 0.710. The molecule has 1 aliphatic heterocycles. The summed E-state index contributed by atoms with van der Waals surface area (Å²) < 4.78 is 0. The van der Waals surface area contributed by atoms with Crippen molar-refractivity contribution in [3.05, 3.63) is 35.9 Å². The van der Waals surface area contributed by atoms with E-state index in [-0.39, 0.29) is 41.8 Å². The van der Waals surface area contributed by atoms with E-state index in [1.54, 1.807) is 0 Å². The number of hydrogen-bond donors (Lipinski definition) is 1. The second-order valence-corrected chi connectivity index (χ2v) is 11.7. The summed E-state index contributed by atoms with van der Waals surface area (Å²) in [4.78, 5) is 42.8. The first-order valence-corrected chi connectivity index (χ1v) is 14.4. The highest BCUT2D eigenvalue weighted by atomic mass is 16.2. The molecule has 6 heteroatoms. The van der Waals surface area contributed by atoms with Gasteiger partial charge in [0.1, 0.15) is 0 Å². The molecule has 0 aliphatic carbocycles. The monoisotopic (exact) mass is 513 g/mol. The minimum Gasteiger partial charge on any atom is -0.353 e. The van der Waals surface area contributed by atoms with E-state index < -0.39 is 0 Å². The van der Waals surface area contributed by atoms with Crippen LogP contribution in [0.5, 0.6) is 0 Å². The molecule has 6 nitrogen and oxygen atoms in total. The molecule has 5 atom stereocenters. The molecule has 3 amide bonds. The molecule has 37 heavy (non-hydrogen) atoms. The third-order valence-corrected chi connectivity index (χ3v) is 7.97. The molecule has 0 unspecified atom stereocenters. The second kappa shape index (κ2) is 15.1. The van der Waals surface area contributed by atoms with Crippen LogP contribution in [0, 0.1) is 17.8 Å². The summed E-state index contributed by atoms with van der Waals surface area (Å²) in [6.07, 6.45) is 6.07. The molecule has 1 aromatic rings. The van der Waals surface area contributed by atoms with Crippen LogP contribution in [0.15, 0.2) is 30.3 Å². The maximum atomic E-state index is 13.3. The molecule has 208 valence electrons. The normalized spacial score (nSPS) is 18.8. The predicted molar refractivity (Wildman–Crippen MR) is 151 cm³/mol. The Morgan fingerprint density at radius 3 is 2.38 bits per heavy atom. The average molecular weight is 514 g/mol. The van der Waals surface area contributed by atoms with Gasteiger partial charge < -0.3 is 15.1 Å². The molecule has 1 heterocycles. The molecule has 0 bridgehead atoms. The average Bonchev–Trinajstić information content (AvgIpc) is 3.31. The lowest BCUT2D eigenvalue weighted by molar-refractivity contribution is -0.137. The minimum atomic E-state index is -0.149. The molecule has 1 aromatic carbocycles. The van der Waals surface area contributed by atoms with E-state index in [9.17, 15) is 14.4 Å². The van der Waals surface area contributed by atoms with Crippen LogP contribution in [0.1, 0.15) is 92.1 Å². The molecular weight excluding hydrogens is 462 g/mol. The summed E-state index contributed by atoms with van der Waals surface area (Å²) in [6, 6.07) is 10.4. The van der Waals surface area contributed by atoms with E-state index >= 15 is 0 Å². The molecule has 0 aromatic heterocycles. The van der Waals surface area contributed by atoms with E-state index in [0.717, 1.165) is 32.2 Å². The Bertz CT molecular complexity index is 857. The zero-order chi connectivity index (χ0) is 27.5. The molecule has 1 fully saturated rings. The Morgan fingerprint density at radius 1 is 1.08 bits per heavy atom. The van der Waals surface area contributed by atoms with Crippen molar-refractivity contribution < 1.29 is 14.4 Å². The molecule has 1 saturated heterocycles. The first-order valence-electron chi connectivity index (χ1n) is 14.4. The lowest BCUT2D eigenvalue weighted by atomic mass is 9.92. The number of hydrogen-bond acceptors (Lipinski definition) is 3. The van der Waals surface area contributed by atoms with Crippen molar-refractivity contribution in [3.63, 3.8) is 0 Å². The van der Waals surface area contributed by atoms with Gasteiger partial charge >= 0.3 is 0 Å². The molecule has 2 rings (SSSR count). The summed E-state index contributed by atoms with van der Waals surface area (Å²) in [5, 5.41) is 3.16. The Balaban J connectivity index is 1.90. The van der Waals surface area contributed by atoms with E-state index in [1.807, 2.05) is 48.9 Å². The summed E-state index contributed by atoms with van der Waals surface area (Å²) in [5.41, 5.74) is 1.21. The van der Waals surface area contributed by atoms with Crippen molar-refractivity contribution in [2.75, 3.05) is 13.6 Å². The highest BCUT2D eigenvalue weighted by Crippen LogP contribution is 2.27. The van der Waals surface area contributed by atoms with Gasteiger partial charge in [0, 0.05) is 50.5 Å². The van der Waals surface area contributed by atoms with Gasteiger partial charge in [-0.3, -0.25) is 14.4 Å². The summed E-state index contributed by atoms with van der Waals surface area (Å²) in [5.74, 6) is 0.887. The molecule has 0 spiro atoms. The van der Waals surface area contributed by atoms with Gasteiger partial charge in [-0.05, 0) is 56.4 Å². The smallest absolute Gasteiger partial charge is 0.223 e. The van der Waals surface area contributed by atoms with Crippen LogP contribution in [-0.4, -0.2) is 59.2 Å². The predicted octanol–water partition coefficient (Wildman–Crippen LogP) is 5.45. The Morgan fingerprint density at radius 2 is 1.76 bits per heavy atom. The van der Waals surface area contributed by atoms with E-state index in [1.165, 1.54) is 5.56 Å². The van der Waals surface area contributed by atoms with Crippen LogP contribution in [0.4, 0.5) is 0 Å². The van der Waals surface area contributed by atoms with Crippen molar-refractivity contribution in [1.29, 1.82) is 0 Å². The number of nitrogens with one attached hydrogen (secondary N) is 1. The zero-order valence-corrected chi connectivity index (χ0v) is 24.3. The van der Waals surface area contributed by atoms with Gasteiger partial charge in [0.15, 0.2) is 0 Å². The summed E-state index contributed by atoms with van der Waals surface area (Å²) in [7, 11) is 1.89. The van der Waals surface area contributed by atoms with Crippen molar-refractivity contribution in [2.45, 2.75) is 111 Å². The van der Waals surface area contributed by atoms with Gasteiger partial charge in [-0.1, -0.05) is 71.4 Å². The lowest BCUT2D eigenvalue weighted by Crippen LogP contribution is -2.44. The number of carbonyl (C=O) groups excluding carboxylic acids is 3. The number of benzene rings is 1. The second-order valence-electron chi connectivity index (χ2n) is 11.7. The van der Waals surface area contributed by atoms with E-state index in [0.29, 0.717) is 37.5 Å². The molecule has 1 N–H and O–H groups in total. The van der Waals surface area contributed by atoms with Gasteiger partial charge in [0.05, 0.1) is 0 Å². The van der Waals surface area contributed by atoms with Crippen molar-refractivity contribution >= 4 is 17.7 Å². The number of rotatable bonds is 14. The van der Waals surface area contributed by atoms with E-state index in [4.69, 9.17) is 0 Å². The largest absolute Gasteiger partial charge is 0.353 e. The Kier molecular flexibility index (Phi) is 12.6. The lowest BCUT2D eigenvalue weighted by Gasteiger charge is -2.34. The topological polar surface area (TPSA) is 69.7 Å². The standard InChI is InChI=1S/C31H51N3O3/c1-8-23(4)28(33(7)30(36)19-22(2)3)16-17-29(35)34-18-12-15-27(34)20-24(5)31(37)32-25(6)21-26-13-10-9-11-14-26/h9-11,13-14,22-25,27-28H,8,12,15-21H2,1-7H3,(H,32,37)/t23-,24+,25+,27-,28+/m0/s1. The van der Waals surface area contributed by atoms with Crippen molar-refractivity contribution in [1.82, 2.24) is 15.1 Å². The number of nitrogens with zero attached hydrogens (tertiary/aromatic N) is 2. The highest BCUT2D eigenvalue weighted by Gasteiger charge is 2.33.